The monoisotopic (exact) mass is 536 g/mol. The summed E-state index contributed by atoms with van der Waals surface area (Å²) in [5.74, 6) is -1.99. The standard InChI is InChI=1S/C27H22F6N2O3/c1-15-9-22(16-5-6-16)34-13-20(15)17-3-2-4-18(10-17)23(36)12-25(37)35-19-7-8-24(38-14-26(28,29)30)21(11-19)27(31,32)33/h2-4,7-11,13,16H,5-6,12,14H2,1H3,(H,35,37). The Morgan fingerprint density at radius 1 is 1.03 bits per heavy atom. The van der Waals surface area contributed by atoms with Crippen LogP contribution in [0.2, 0.25) is 0 Å². The molecular formula is C27H22F6N2O3. The largest absolute Gasteiger partial charge is 0.483 e. The number of hydrogen-bond acceptors (Lipinski definition) is 4. The topological polar surface area (TPSA) is 68.3 Å². The molecule has 200 valence electrons. The number of ether oxygens (including phenoxy) is 1. The zero-order valence-electron chi connectivity index (χ0n) is 20.0. The number of Topliss-reactive ketones (excluding diaryl/α,β-unsaturated/α-hetero) is 1. The first-order chi connectivity index (χ1) is 17.8. The van der Waals surface area contributed by atoms with Gasteiger partial charge < -0.3 is 10.1 Å². The highest BCUT2D eigenvalue weighted by molar-refractivity contribution is 6.11. The number of nitrogens with one attached hydrogen (secondary N) is 1. The van der Waals surface area contributed by atoms with Crippen LogP contribution >= 0.6 is 0 Å². The molecule has 1 amide bonds. The summed E-state index contributed by atoms with van der Waals surface area (Å²) in [5.41, 5.74) is 1.98. The first kappa shape index (κ1) is 27.2. The number of nitrogens with zero attached hydrogens (tertiary/aromatic N) is 1. The van der Waals surface area contributed by atoms with Crippen molar-refractivity contribution in [3.63, 3.8) is 0 Å². The van der Waals surface area contributed by atoms with Crippen molar-refractivity contribution in [1.82, 2.24) is 4.98 Å². The van der Waals surface area contributed by atoms with E-state index in [1.54, 1.807) is 24.4 Å². The normalized spacial score (nSPS) is 13.8. The van der Waals surface area contributed by atoms with Crippen LogP contribution in [0.15, 0.2) is 54.7 Å². The molecule has 2 aromatic carbocycles. The lowest BCUT2D eigenvalue weighted by atomic mass is 9.97. The molecule has 0 atom stereocenters. The molecule has 1 saturated carbocycles. The van der Waals surface area contributed by atoms with Crippen molar-refractivity contribution in [2.45, 2.75) is 44.5 Å². The average Bonchev–Trinajstić information content (AvgIpc) is 3.67. The number of halogens is 6. The van der Waals surface area contributed by atoms with E-state index in [-0.39, 0.29) is 11.3 Å². The molecule has 0 saturated heterocycles. The number of ketones is 1. The van der Waals surface area contributed by atoms with E-state index >= 15 is 0 Å². The summed E-state index contributed by atoms with van der Waals surface area (Å²) in [5, 5.41) is 2.19. The number of alkyl halides is 6. The third-order valence-electron chi connectivity index (χ3n) is 5.90. The molecule has 0 unspecified atom stereocenters. The van der Waals surface area contributed by atoms with Gasteiger partial charge in [-0.1, -0.05) is 18.2 Å². The molecule has 0 radical (unpaired) electrons. The van der Waals surface area contributed by atoms with Crippen molar-refractivity contribution in [2.24, 2.45) is 0 Å². The Balaban J connectivity index is 1.45. The predicted octanol–water partition coefficient (Wildman–Crippen LogP) is 7.11. The van der Waals surface area contributed by atoms with E-state index in [0.29, 0.717) is 18.1 Å². The Labute approximate surface area is 213 Å². The van der Waals surface area contributed by atoms with Gasteiger partial charge in [-0.15, -0.1) is 0 Å². The van der Waals surface area contributed by atoms with Crippen molar-refractivity contribution >= 4 is 17.4 Å². The van der Waals surface area contributed by atoms with Crippen LogP contribution in [-0.2, 0) is 11.0 Å². The van der Waals surface area contributed by atoms with Crippen LogP contribution in [0.3, 0.4) is 0 Å². The van der Waals surface area contributed by atoms with E-state index in [9.17, 15) is 35.9 Å². The molecule has 1 N–H and O–H groups in total. The van der Waals surface area contributed by atoms with E-state index in [2.05, 4.69) is 15.0 Å². The SMILES string of the molecule is Cc1cc(C2CC2)ncc1-c1cccc(C(=O)CC(=O)Nc2ccc(OCC(F)(F)F)c(C(F)(F)F)c2)c1. The van der Waals surface area contributed by atoms with Crippen molar-refractivity contribution < 1.29 is 40.7 Å². The van der Waals surface area contributed by atoms with E-state index in [4.69, 9.17) is 0 Å². The Morgan fingerprint density at radius 2 is 1.76 bits per heavy atom. The molecule has 5 nitrogen and oxygen atoms in total. The third kappa shape index (κ3) is 6.90. The molecule has 1 aromatic heterocycles. The highest BCUT2D eigenvalue weighted by Crippen LogP contribution is 2.40. The highest BCUT2D eigenvalue weighted by atomic mass is 19.4. The molecule has 3 aromatic rings. The summed E-state index contributed by atoms with van der Waals surface area (Å²) in [7, 11) is 0. The van der Waals surface area contributed by atoms with Crippen LogP contribution in [0, 0.1) is 6.92 Å². The van der Waals surface area contributed by atoms with E-state index in [1.807, 2.05) is 13.0 Å². The zero-order chi connectivity index (χ0) is 27.7. The smallest absolute Gasteiger partial charge is 0.422 e. The second-order valence-corrected chi connectivity index (χ2v) is 9.04. The first-order valence-electron chi connectivity index (χ1n) is 11.6. The predicted molar refractivity (Wildman–Crippen MR) is 127 cm³/mol. The lowest BCUT2D eigenvalue weighted by molar-refractivity contribution is -0.158. The van der Waals surface area contributed by atoms with Gasteiger partial charge in [0.25, 0.3) is 0 Å². The minimum Gasteiger partial charge on any atom is -0.483 e. The molecule has 0 bridgehead atoms. The van der Waals surface area contributed by atoms with Gasteiger partial charge >= 0.3 is 12.4 Å². The van der Waals surface area contributed by atoms with Crippen LogP contribution in [0.25, 0.3) is 11.1 Å². The summed E-state index contributed by atoms with van der Waals surface area (Å²) < 4.78 is 81.5. The van der Waals surface area contributed by atoms with Gasteiger partial charge in [0, 0.05) is 34.6 Å². The van der Waals surface area contributed by atoms with Crippen molar-refractivity contribution in [3.05, 3.63) is 77.1 Å². The fraction of sp³-hybridized carbons (Fsp3) is 0.296. The molecule has 0 aliphatic heterocycles. The maximum atomic E-state index is 13.4. The number of carbonyl (C=O) groups excluding carboxylic acids is 2. The molecular weight excluding hydrogens is 514 g/mol. The molecule has 38 heavy (non-hydrogen) atoms. The second-order valence-electron chi connectivity index (χ2n) is 9.04. The summed E-state index contributed by atoms with van der Waals surface area (Å²) in [6.45, 7) is 0.0368. The molecule has 1 aliphatic carbocycles. The molecule has 4 rings (SSSR count). The number of benzene rings is 2. The summed E-state index contributed by atoms with van der Waals surface area (Å²) in [6.07, 6.45) is -6.55. The summed E-state index contributed by atoms with van der Waals surface area (Å²) in [4.78, 5) is 29.7. The molecule has 1 fully saturated rings. The van der Waals surface area contributed by atoms with Gasteiger partial charge in [-0.25, -0.2) is 0 Å². The number of amides is 1. The van der Waals surface area contributed by atoms with Crippen LogP contribution in [0.1, 0.15) is 52.4 Å². The maximum Gasteiger partial charge on any atom is 0.422 e. The van der Waals surface area contributed by atoms with E-state index in [0.717, 1.165) is 41.3 Å². The summed E-state index contributed by atoms with van der Waals surface area (Å²) in [6, 6.07) is 10.7. The summed E-state index contributed by atoms with van der Waals surface area (Å²) >= 11 is 0. The molecule has 0 spiro atoms. The van der Waals surface area contributed by atoms with E-state index in [1.165, 1.54) is 6.07 Å². The quantitative estimate of drug-likeness (QED) is 0.189. The third-order valence-corrected chi connectivity index (χ3v) is 5.90. The maximum absolute atomic E-state index is 13.4. The van der Waals surface area contributed by atoms with Crippen molar-refractivity contribution in [3.8, 4) is 16.9 Å². The Morgan fingerprint density at radius 3 is 2.39 bits per heavy atom. The van der Waals surface area contributed by atoms with E-state index < -0.39 is 48.4 Å². The van der Waals surface area contributed by atoms with Crippen LogP contribution in [0.5, 0.6) is 5.75 Å². The Hall–Kier alpha value is -3.89. The first-order valence-corrected chi connectivity index (χ1v) is 11.6. The number of hydrogen-bond donors (Lipinski definition) is 1. The van der Waals surface area contributed by atoms with Gasteiger partial charge in [0.1, 0.15) is 5.75 Å². The minimum absolute atomic E-state index is 0.232. The van der Waals surface area contributed by atoms with Gasteiger partial charge in [0.15, 0.2) is 12.4 Å². The van der Waals surface area contributed by atoms with Gasteiger partial charge in [-0.05, 0) is 61.2 Å². The lowest BCUT2D eigenvalue weighted by Crippen LogP contribution is -2.21. The van der Waals surface area contributed by atoms with Gasteiger partial charge in [0.05, 0.1) is 12.0 Å². The zero-order valence-corrected chi connectivity index (χ0v) is 20.0. The molecule has 1 aliphatic rings. The van der Waals surface area contributed by atoms with Crippen LogP contribution in [-0.4, -0.2) is 29.5 Å². The average molecular weight is 536 g/mol. The van der Waals surface area contributed by atoms with Crippen molar-refractivity contribution in [1.29, 1.82) is 0 Å². The number of anilines is 1. The molecule has 1 heterocycles. The highest BCUT2D eigenvalue weighted by Gasteiger charge is 2.36. The number of rotatable bonds is 8. The van der Waals surface area contributed by atoms with Gasteiger partial charge in [0.2, 0.25) is 5.91 Å². The number of aryl methyl sites for hydroxylation is 1. The number of pyridine rings is 1. The lowest BCUT2D eigenvalue weighted by Gasteiger charge is -2.16. The molecule has 11 heteroatoms. The minimum atomic E-state index is -5.04. The van der Waals surface area contributed by atoms with Crippen molar-refractivity contribution in [2.75, 3.05) is 11.9 Å². The van der Waals surface area contributed by atoms with Gasteiger partial charge in [-0.3, -0.25) is 14.6 Å². The van der Waals surface area contributed by atoms with Crippen LogP contribution < -0.4 is 10.1 Å². The fourth-order valence-electron chi connectivity index (χ4n) is 3.91. The second kappa shape index (κ2) is 10.5. The van der Waals surface area contributed by atoms with Crippen LogP contribution in [0.4, 0.5) is 32.0 Å². The Kier molecular flexibility index (Phi) is 7.48. The number of carbonyl (C=O) groups is 2. The fourth-order valence-corrected chi connectivity index (χ4v) is 3.91. The number of aromatic nitrogens is 1. The Bertz CT molecular complexity index is 1360. The van der Waals surface area contributed by atoms with Gasteiger partial charge in [-0.2, -0.15) is 26.3 Å².